The van der Waals surface area contributed by atoms with E-state index in [1.807, 2.05) is 11.4 Å². The molecule has 1 aromatic carbocycles. The van der Waals surface area contributed by atoms with Crippen LogP contribution in [0.4, 0.5) is 11.4 Å². The van der Waals surface area contributed by atoms with Crippen LogP contribution < -0.4 is 31.2 Å². The second-order valence-electron chi connectivity index (χ2n) is 8.26. The highest BCUT2D eigenvalue weighted by atomic mass is 32.1. The van der Waals surface area contributed by atoms with E-state index >= 15 is 0 Å². The lowest BCUT2D eigenvalue weighted by molar-refractivity contribution is -0.123. The summed E-state index contributed by atoms with van der Waals surface area (Å²) in [6.45, 7) is 0. The molecule has 36 heavy (non-hydrogen) atoms. The van der Waals surface area contributed by atoms with Crippen molar-refractivity contribution >= 4 is 52.0 Å². The highest BCUT2D eigenvalue weighted by molar-refractivity contribution is 7.10. The third-order valence-corrected chi connectivity index (χ3v) is 7.82. The minimum atomic E-state index is -1.00. The number of carbonyl (C=O) groups is 3. The third kappa shape index (κ3) is 5.00. The van der Waals surface area contributed by atoms with E-state index in [0.29, 0.717) is 22.1 Å². The number of aromatic nitrogens is 1. The lowest BCUT2D eigenvalue weighted by Crippen LogP contribution is -2.46. The van der Waals surface area contributed by atoms with Crippen LogP contribution in [0.5, 0.6) is 11.5 Å². The Labute approximate surface area is 216 Å². The number of methoxy groups -OCH3 is 2. The summed E-state index contributed by atoms with van der Waals surface area (Å²) in [4.78, 5) is 41.6. The second kappa shape index (κ2) is 11.0. The van der Waals surface area contributed by atoms with Gasteiger partial charge in [0.1, 0.15) is 4.88 Å². The Morgan fingerprint density at radius 1 is 1.14 bits per heavy atom. The van der Waals surface area contributed by atoms with E-state index in [9.17, 15) is 14.4 Å². The quantitative estimate of drug-likeness (QED) is 0.385. The first-order chi connectivity index (χ1) is 17.3. The van der Waals surface area contributed by atoms with Crippen LogP contribution in [0.3, 0.4) is 0 Å². The van der Waals surface area contributed by atoms with Crippen LogP contribution in [-0.4, -0.2) is 42.4 Å². The zero-order valence-electron chi connectivity index (χ0n) is 19.9. The molecule has 10 nitrogen and oxygen atoms in total. The molecule has 1 aliphatic carbocycles. The Kier molecular flexibility index (Phi) is 7.75. The molecule has 5 N–H and O–H groups in total. The number of ether oxygens (including phenoxy) is 2. The van der Waals surface area contributed by atoms with Crippen LogP contribution >= 0.6 is 22.9 Å². The summed E-state index contributed by atoms with van der Waals surface area (Å²) in [5.41, 5.74) is 11.6. The summed E-state index contributed by atoms with van der Waals surface area (Å²) in [7, 11) is 2.99. The molecule has 0 unspecified atom stereocenters. The molecule has 0 spiro atoms. The molecule has 1 fully saturated rings. The number of anilines is 2. The number of benzene rings is 1. The Balaban J connectivity index is 1.85. The molecule has 3 amide bonds. The molecule has 1 atom stereocenters. The number of amides is 3. The number of nitrogens with two attached hydrogens (primary N) is 2. The maximum absolute atomic E-state index is 14.1. The van der Waals surface area contributed by atoms with Crippen molar-refractivity contribution in [3.8, 4) is 11.5 Å². The number of thiophene rings is 1. The molecule has 1 aliphatic rings. The van der Waals surface area contributed by atoms with Crippen LogP contribution in [-0.2, 0) is 4.79 Å². The third-order valence-electron chi connectivity index (χ3n) is 6.04. The highest BCUT2D eigenvalue weighted by Gasteiger charge is 2.38. The largest absolute Gasteiger partial charge is 0.493 e. The maximum Gasteiger partial charge on any atom is 0.273 e. The van der Waals surface area contributed by atoms with Gasteiger partial charge in [0.25, 0.3) is 11.8 Å². The minimum Gasteiger partial charge on any atom is -0.493 e. The zero-order chi connectivity index (χ0) is 25.8. The average molecular weight is 530 g/mol. The molecule has 2 aromatic heterocycles. The number of hydrogen-bond acceptors (Lipinski definition) is 9. The summed E-state index contributed by atoms with van der Waals surface area (Å²) >= 11 is 2.12. The van der Waals surface area contributed by atoms with Gasteiger partial charge in [-0.1, -0.05) is 18.9 Å². The monoisotopic (exact) mass is 529 g/mol. The maximum atomic E-state index is 14.1. The van der Waals surface area contributed by atoms with Gasteiger partial charge in [-0.25, -0.2) is 0 Å². The van der Waals surface area contributed by atoms with Gasteiger partial charge >= 0.3 is 0 Å². The van der Waals surface area contributed by atoms with Crippen LogP contribution in [0, 0.1) is 0 Å². The van der Waals surface area contributed by atoms with E-state index in [-0.39, 0.29) is 28.2 Å². The van der Waals surface area contributed by atoms with Gasteiger partial charge in [0.05, 0.1) is 19.9 Å². The Bertz CT molecular complexity index is 1250. The standard InChI is InChI=1S/C24H27N5O5S2/c1-33-15-10-9-14(12-16(15)34-2)29(24(32)21-18(25)19(22(26)30)28-36-21)20(17-8-5-11-35-17)23(31)27-13-6-3-4-7-13/h5,8-13,20H,3-4,6-7,25H2,1-2H3,(H2,26,30)(H,27,31)/t20-/m0/s1. The van der Waals surface area contributed by atoms with Crippen molar-refractivity contribution in [2.75, 3.05) is 24.9 Å². The molecule has 0 bridgehead atoms. The molecule has 0 radical (unpaired) electrons. The predicted octanol–water partition coefficient (Wildman–Crippen LogP) is 3.35. The SMILES string of the molecule is COc1ccc(N(C(=O)c2snc(C(N)=O)c2N)[C@H](C(=O)NC2CCCC2)c2cccs2)cc1OC. The topological polar surface area (TPSA) is 150 Å². The molecular weight excluding hydrogens is 502 g/mol. The smallest absolute Gasteiger partial charge is 0.273 e. The van der Waals surface area contributed by atoms with Crippen molar-refractivity contribution in [3.63, 3.8) is 0 Å². The number of carbonyl (C=O) groups excluding carboxylic acids is 3. The molecule has 0 aliphatic heterocycles. The number of hydrogen-bond donors (Lipinski definition) is 3. The molecular formula is C24H27N5O5S2. The number of nitrogen functional groups attached to an aromatic ring is 1. The zero-order valence-corrected chi connectivity index (χ0v) is 21.5. The van der Waals surface area contributed by atoms with Crippen molar-refractivity contribution in [2.24, 2.45) is 5.73 Å². The van der Waals surface area contributed by atoms with Gasteiger partial charge in [-0.3, -0.25) is 19.3 Å². The summed E-state index contributed by atoms with van der Waals surface area (Å²) in [6, 6.07) is 7.59. The number of primary amides is 1. The van der Waals surface area contributed by atoms with E-state index in [4.69, 9.17) is 20.9 Å². The van der Waals surface area contributed by atoms with Crippen molar-refractivity contribution in [3.05, 3.63) is 51.2 Å². The highest BCUT2D eigenvalue weighted by Crippen LogP contribution is 2.39. The second-order valence-corrected chi connectivity index (χ2v) is 10.0. The predicted molar refractivity (Wildman–Crippen MR) is 139 cm³/mol. The van der Waals surface area contributed by atoms with Gasteiger partial charge < -0.3 is 26.3 Å². The first kappa shape index (κ1) is 25.5. The normalized spacial score (nSPS) is 14.3. The summed E-state index contributed by atoms with van der Waals surface area (Å²) in [5.74, 6) is -0.904. The Morgan fingerprint density at radius 3 is 2.44 bits per heavy atom. The van der Waals surface area contributed by atoms with Gasteiger partial charge in [0.2, 0.25) is 5.91 Å². The Morgan fingerprint density at radius 2 is 1.86 bits per heavy atom. The first-order valence-electron chi connectivity index (χ1n) is 11.3. The summed E-state index contributed by atoms with van der Waals surface area (Å²) < 4.78 is 14.8. The molecule has 2 heterocycles. The van der Waals surface area contributed by atoms with E-state index in [0.717, 1.165) is 37.2 Å². The van der Waals surface area contributed by atoms with E-state index in [1.165, 1.54) is 30.5 Å². The molecule has 1 saturated carbocycles. The molecule has 12 heteroatoms. The van der Waals surface area contributed by atoms with Crippen molar-refractivity contribution in [1.82, 2.24) is 9.69 Å². The van der Waals surface area contributed by atoms with Crippen LogP contribution in [0.1, 0.15) is 56.8 Å². The number of nitrogens with one attached hydrogen (secondary N) is 1. The lowest BCUT2D eigenvalue weighted by atomic mass is 10.1. The first-order valence-corrected chi connectivity index (χ1v) is 12.9. The minimum absolute atomic E-state index is 0.00815. The van der Waals surface area contributed by atoms with Crippen LogP contribution in [0.2, 0.25) is 0 Å². The van der Waals surface area contributed by atoms with Gasteiger partial charge in [0.15, 0.2) is 23.2 Å². The fourth-order valence-corrected chi connectivity index (χ4v) is 5.82. The van der Waals surface area contributed by atoms with E-state index in [2.05, 4.69) is 9.69 Å². The van der Waals surface area contributed by atoms with Gasteiger partial charge in [-0.2, -0.15) is 4.37 Å². The van der Waals surface area contributed by atoms with Crippen LogP contribution in [0.25, 0.3) is 0 Å². The van der Waals surface area contributed by atoms with E-state index < -0.39 is 17.9 Å². The fourth-order valence-electron chi connectivity index (χ4n) is 4.27. The van der Waals surface area contributed by atoms with Gasteiger partial charge in [-0.15, -0.1) is 11.3 Å². The molecule has 3 aromatic rings. The lowest BCUT2D eigenvalue weighted by Gasteiger charge is -2.31. The van der Waals surface area contributed by atoms with Gasteiger partial charge in [0, 0.05) is 22.7 Å². The molecule has 4 rings (SSSR count). The van der Waals surface area contributed by atoms with Gasteiger partial charge in [-0.05, 0) is 48.0 Å². The Hall–Kier alpha value is -3.64. The summed E-state index contributed by atoms with van der Waals surface area (Å²) in [6.07, 6.45) is 3.86. The van der Waals surface area contributed by atoms with Crippen molar-refractivity contribution in [1.29, 1.82) is 0 Å². The fraction of sp³-hybridized carbons (Fsp3) is 0.333. The molecule has 0 saturated heterocycles. The number of rotatable bonds is 9. The van der Waals surface area contributed by atoms with Crippen LogP contribution in [0.15, 0.2) is 35.7 Å². The molecule has 190 valence electrons. The average Bonchev–Trinajstić information content (AvgIpc) is 3.64. The number of nitrogens with zero attached hydrogens (tertiary/aromatic N) is 2. The summed E-state index contributed by atoms with van der Waals surface area (Å²) in [5, 5.41) is 4.96. The van der Waals surface area contributed by atoms with E-state index in [1.54, 1.807) is 24.3 Å². The van der Waals surface area contributed by atoms with Crippen molar-refractivity contribution in [2.45, 2.75) is 37.8 Å². The van der Waals surface area contributed by atoms with Crippen molar-refractivity contribution < 1.29 is 23.9 Å².